The van der Waals surface area contributed by atoms with E-state index in [4.69, 9.17) is 11.6 Å². The first-order valence-corrected chi connectivity index (χ1v) is 8.93. The summed E-state index contributed by atoms with van der Waals surface area (Å²) in [7, 11) is 0. The second kappa shape index (κ2) is 6.30. The highest BCUT2D eigenvalue weighted by Gasteiger charge is 2.35. The summed E-state index contributed by atoms with van der Waals surface area (Å²) in [5.41, 5.74) is 3.79. The van der Waals surface area contributed by atoms with Gasteiger partial charge in [0.25, 0.3) is 5.91 Å². The fourth-order valence-electron chi connectivity index (χ4n) is 2.75. The Morgan fingerprint density at radius 3 is 2.62 bits per heavy atom. The van der Waals surface area contributed by atoms with Crippen LogP contribution in [0.1, 0.15) is 5.56 Å². The van der Waals surface area contributed by atoms with Crippen LogP contribution in [0.2, 0.25) is 5.02 Å². The molecule has 2 heterocycles. The average Bonchev–Trinajstić information content (AvgIpc) is 2.90. The third-order valence-corrected chi connectivity index (χ3v) is 4.79. The molecule has 118 valence electrons. The van der Waals surface area contributed by atoms with E-state index in [-0.39, 0.29) is 5.91 Å². The summed E-state index contributed by atoms with van der Waals surface area (Å²) in [6, 6.07) is 14.9. The van der Waals surface area contributed by atoms with Gasteiger partial charge in [0.2, 0.25) is 0 Å². The van der Waals surface area contributed by atoms with Gasteiger partial charge in [0, 0.05) is 22.0 Å². The SMILES string of the molecule is O=C1C(=Nc2ccc(Cl)cc2)c2ccccc2N1C1=CCSC=C1. The van der Waals surface area contributed by atoms with Crippen molar-refractivity contribution in [1.29, 1.82) is 0 Å². The minimum atomic E-state index is -0.103. The van der Waals surface area contributed by atoms with Crippen LogP contribution >= 0.6 is 23.4 Å². The lowest BCUT2D eigenvalue weighted by atomic mass is 10.1. The van der Waals surface area contributed by atoms with Gasteiger partial charge in [-0.15, -0.1) is 11.8 Å². The monoisotopic (exact) mass is 352 g/mol. The second-order valence-electron chi connectivity index (χ2n) is 5.36. The number of fused-ring (bicyclic) bond motifs is 1. The quantitative estimate of drug-likeness (QED) is 0.765. The number of aliphatic imine (C=N–C) groups is 1. The predicted octanol–water partition coefficient (Wildman–Crippen LogP) is 4.95. The van der Waals surface area contributed by atoms with Gasteiger partial charge >= 0.3 is 0 Å². The molecule has 0 atom stereocenters. The molecular weight excluding hydrogens is 340 g/mol. The number of carbonyl (C=O) groups excluding carboxylic acids is 1. The van der Waals surface area contributed by atoms with Crippen molar-refractivity contribution in [3.8, 4) is 0 Å². The molecule has 0 saturated heterocycles. The molecule has 0 spiro atoms. The van der Waals surface area contributed by atoms with Crippen molar-refractivity contribution < 1.29 is 4.79 Å². The molecule has 0 unspecified atom stereocenters. The molecule has 0 N–H and O–H groups in total. The number of carbonyl (C=O) groups is 1. The van der Waals surface area contributed by atoms with Crippen LogP contribution in [-0.2, 0) is 4.79 Å². The van der Waals surface area contributed by atoms with Gasteiger partial charge in [0.15, 0.2) is 0 Å². The van der Waals surface area contributed by atoms with Crippen molar-refractivity contribution in [2.45, 2.75) is 0 Å². The van der Waals surface area contributed by atoms with Crippen molar-refractivity contribution in [2.75, 3.05) is 10.7 Å². The second-order valence-corrected chi connectivity index (χ2v) is 6.73. The highest BCUT2D eigenvalue weighted by atomic mass is 35.5. The van der Waals surface area contributed by atoms with E-state index in [2.05, 4.69) is 11.1 Å². The molecule has 2 aliphatic rings. The first kappa shape index (κ1) is 15.2. The average molecular weight is 353 g/mol. The van der Waals surface area contributed by atoms with Gasteiger partial charge in [-0.2, -0.15) is 0 Å². The van der Waals surface area contributed by atoms with Crippen LogP contribution in [0.25, 0.3) is 0 Å². The van der Waals surface area contributed by atoms with Crippen LogP contribution in [0.4, 0.5) is 11.4 Å². The number of thioether (sulfide) groups is 1. The van der Waals surface area contributed by atoms with Gasteiger partial charge in [0.05, 0.1) is 11.4 Å². The number of hydrogen-bond donors (Lipinski definition) is 0. The van der Waals surface area contributed by atoms with Crippen LogP contribution in [0, 0.1) is 0 Å². The van der Waals surface area contributed by atoms with Gasteiger partial charge in [-0.1, -0.05) is 29.8 Å². The molecule has 2 aromatic rings. The maximum atomic E-state index is 13.0. The molecular formula is C19H13ClN2OS. The van der Waals surface area contributed by atoms with Gasteiger partial charge in [-0.3, -0.25) is 9.69 Å². The number of allylic oxidation sites excluding steroid dienone is 1. The molecule has 5 heteroatoms. The molecule has 0 aromatic heterocycles. The third kappa shape index (κ3) is 2.68. The molecule has 1 amide bonds. The number of rotatable bonds is 2. The molecule has 0 fully saturated rings. The summed E-state index contributed by atoms with van der Waals surface area (Å²) in [5, 5.41) is 2.66. The maximum absolute atomic E-state index is 13.0. The van der Waals surface area contributed by atoms with Gasteiger partial charge in [-0.05, 0) is 47.9 Å². The van der Waals surface area contributed by atoms with Crippen LogP contribution in [0.3, 0.4) is 0 Å². The molecule has 2 aromatic carbocycles. The van der Waals surface area contributed by atoms with Crippen LogP contribution in [-0.4, -0.2) is 17.4 Å². The normalized spacial score (nSPS) is 18.0. The largest absolute Gasteiger partial charge is 0.282 e. The zero-order chi connectivity index (χ0) is 16.5. The summed E-state index contributed by atoms with van der Waals surface area (Å²) in [4.78, 5) is 19.3. The van der Waals surface area contributed by atoms with Gasteiger partial charge < -0.3 is 0 Å². The maximum Gasteiger partial charge on any atom is 0.282 e. The molecule has 0 saturated carbocycles. The number of para-hydroxylation sites is 1. The predicted molar refractivity (Wildman–Crippen MR) is 101 cm³/mol. The van der Waals surface area contributed by atoms with Crippen molar-refractivity contribution in [2.24, 2.45) is 4.99 Å². The van der Waals surface area contributed by atoms with E-state index in [1.54, 1.807) is 28.8 Å². The van der Waals surface area contributed by atoms with Crippen molar-refractivity contribution in [3.63, 3.8) is 0 Å². The summed E-state index contributed by atoms with van der Waals surface area (Å²) in [6.07, 6.45) is 4.03. The topological polar surface area (TPSA) is 32.7 Å². The molecule has 2 aliphatic heterocycles. The zero-order valence-electron chi connectivity index (χ0n) is 12.6. The molecule has 0 bridgehead atoms. The molecule has 4 rings (SSSR count). The minimum absolute atomic E-state index is 0.103. The van der Waals surface area contributed by atoms with Gasteiger partial charge in [0.1, 0.15) is 5.71 Å². The first-order valence-electron chi connectivity index (χ1n) is 7.50. The summed E-state index contributed by atoms with van der Waals surface area (Å²) < 4.78 is 0. The lowest BCUT2D eigenvalue weighted by Gasteiger charge is -2.19. The van der Waals surface area contributed by atoms with Crippen LogP contribution in [0.5, 0.6) is 0 Å². The van der Waals surface area contributed by atoms with E-state index < -0.39 is 0 Å². The number of nitrogens with zero attached hydrogens (tertiary/aromatic N) is 2. The number of anilines is 1. The van der Waals surface area contributed by atoms with Crippen molar-refractivity contribution >= 4 is 46.4 Å². The Balaban J connectivity index is 1.82. The lowest BCUT2D eigenvalue weighted by Crippen LogP contribution is -2.29. The summed E-state index contributed by atoms with van der Waals surface area (Å²) in [5.74, 6) is 0.760. The zero-order valence-corrected chi connectivity index (χ0v) is 14.2. The Morgan fingerprint density at radius 1 is 1.08 bits per heavy atom. The number of halogens is 1. The number of amides is 1. The van der Waals surface area contributed by atoms with E-state index in [1.165, 1.54) is 0 Å². The standard InChI is InChI=1S/C19H13ClN2OS/c20-13-5-7-14(8-6-13)21-18-16-3-1-2-4-17(16)22(19(18)23)15-9-11-24-12-10-15/h1-11H,12H2. The summed E-state index contributed by atoms with van der Waals surface area (Å²) in [6.45, 7) is 0. The Labute approximate surface area is 149 Å². The Kier molecular flexibility index (Phi) is 4.00. The minimum Gasteiger partial charge on any atom is -0.275 e. The van der Waals surface area contributed by atoms with Crippen LogP contribution < -0.4 is 4.90 Å². The molecule has 0 radical (unpaired) electrons. The highest BCUT2D eigenvalue weighted by molar-refractivity contribution is 8.02. The Bertz CT molecular complexity index is 900. The van der Waals surface area contributed by atoms with E-state index in [1.807, 2.05) is 47.9 Å². The summed E-state index contributed by atoms with van der Waals surface area (Å²) >= 11 is 7.63. The Morgan fingerprint density at radius 2 is 1.88 bits per heavy atom. The van der Waals surface area contributed by atoms with E-state index >= 15 is 0 Å². The fraction of sp³-hybridized carbons (Fsp3) is 0.0526. The van der Waals surface area contributed by atoms with E-state index in [9.17, 15) is 4.79 Å². The van der Waals surface area contributed by atoms with Gasteiger partial charge in [-0.25, -0.2) is 4.99 Å². The van der Waals surface area contributed by atoms with Crippen LogP contribution in [0.15, 0.2) is 76.8 Å². The van der Waals surface area contributed by atoms with Crippen molar-refractivity contribution in [1.82, 2.24) is 0 Å². The molecule has 0 aliphatic carbocycles. The fourth-order valence-corrected chi connectivity index (χ4v) is 3.49. The third-order valence-electron chi connectivity index (χ3n) is 3.86. The van der Waals surface area contributed by atoms with E-state index in [0.717, 1.165) is 22.7 Å². The molecule has 3 nitrogen and oxygen atoms in total. The lowest BCUT2D eigenvalue weighted by molar-refractivity contribution is -0.111. The smallest absolute Gasteiger partial charge is 0.275 e. The molecule has 24 heavy (non-hydrogen) atoms. The Hall–Kier alpha value is -2.30. The van der Waals surface area contributed by atoms with Crippen molar-refractivity contribution in [3.05, 3.63) is 82.4 Å². The number of hydrogen-bond acceptors (Lipinski definition) is 3. The first-order chi connectivity index (χ1) is 11.7. The number of benzene rings is 2. The van der Waals surface area contributed by atoms with E-state index in [0.29, 0.717) is 16.4 Å². The highest BCUT2D eigenvalue weighted by Crippen LogP contribution is 2.35.